The van der Waals surface area contributed by atoms with Crippen LogP contribution in [0.1, 0.15) is 23.2 Å². The van der Waals surface area contributed by atoms with E-state index in [1.54, 1.807) is 17.9 Å². The van der Waals surface area contributed by atoms with Gasteiger partial charge in [-0.15, -0.1) is 0 Å². The summed E-state index contributed by atoms with van der Waals surface area (Å²) >= 11 is 0. The minimum Gasteiger partial charge on any atom is -0.496 e. The lowest BCUT2D eigenvalue weighted by molar-refractivity contribution is -0.894. The Kier molecular flexibility index (Phi) is 9.01. The van der Waals surface area contributed by atoms with Gasteiger partial charge in [-0.3, -0.25) is 18.7 Å². The van der Waals surface area contributed by atoms with E-state index in [9.17, 15) is 9.00 Å². The average Bonchev–Trinajstić information content (AvgIpc) is 3.27. The van der Waals surface area contributed by atoms with E-state index in [-0.39, 0.29) is 19.1 Å². The Morgan fingerprint density at radius 1 is 1.13 bits per heavy atom. The molecule has 1 fully saturated rings. The maximum Gasteiger partial charge on any atom is 0.510 e. The highest BCUT2D eigenvalue weighted by Gasteiger charge is 2.24. The maximum absolute atomic E-state index is 13.5. The van der Waals surface area contributed by atoms with E-state index < -0.39 is 17.0 Å². The molecule has 0 amide bonds. The largest absolute Gasteiger partial charge is 0.510 e. The van der Waals surface area contributed by atoms with E-state index in [0.717, 1.165) is 66.0 Å². The molecule has 0 saturated carbocycles. The number of pyridine rings is 1. The van der Waals surface area contributed by atoms with Crippen molar-refractivity contribution in [3.8, 4) is 5.75 Å². The van der Waals surface area contributed by atoms with Crippen LogP contribution in [0.4, 0.5) is 4.79 Å². The van der Waals surface area contributed by atoms with Crippen molar-refractivity contribution in [1.29, 1.82) is 0 Å². The van der Waals surface area contributed by atoms with Gasteiger partial charge in [0.2, 0.25) is 5.16 Å². The standard InChI is InChI=1S/C27H38N5O5S/c1-20-17-28-23(21(2)25(20)35-5)18-38(34)26-29-22-9-6-7-10-24(22)31(26)19-37-27(33)36-16-8-11-30-12-14-32(3,4)15-13-30/h6-7,9-10,17H,8,11-16,18-19H2,1-5H3/q+1. The molecule has 11 heteroatoms. The number of aromatic nitrogens is 3. The molecule has 3 heterocycles. The van der Waals surface area contributed by atoms with Crippen molar-refractivity contribution >= 4 is 28.0 Å². The Morgan fingerprint density at radius 3 is 2.61 bits per heavy atom. The van der Waals surface area contributed by atoms with Crippen molar-refractivity contribution in [2.75, 3.05) is 60.5 Å². The number of carbonyl (C=O) groups excluding carboxylic acids is 1. The van der Waals surface area contributed by atoms with E-state index in [0.29, 0.717) is 16.4 Å². The van der Waals surface area contributed by atoms with Crippen LogP contribution < -0.4 is 4.74 Å². The van der Waals surface area contributed by atoms with Crippen molar-refractivity contribution in [2.45, 2.75) is 37.9 Å². The number of rotatable bonds is 10. The lowest BCUT2D eigenvalue weighted by atomic mass is 10.1. The highest BCUT2D eigenvalue weighted by Crippen LogP contribution is 2.26. The molecule has 1 atom stereocenters. The van der Waals surface area contributed by atoms with Gasteiger partial charge in [0.1, 0.15) is 5.75 Å². The molecule has 1 unspecified atom stereocenters. The molecule has 38 heavy (non-hydrogen) atoms. The van der Waals surface area contributed by atoms with Gasteiger partial charge in [-0.25, -0.2) is 9.78 Å². The maximum atomic E-state index is 13.5. The van der Waals surface area contributed by atoms with Gasteiger partial charge in [0.25, 0.3) is 0 Å². The highest BCUT2D eigenvalue weighted by molar-refractivity contribution is 7.84. The van der Waals surface area contributed by atoms with Crippen LogP contribution in [0.3, 0.4) is 0 Å². The zero-order chi connectivity index (χ0) is 27.3. The van der Waals surface area contributed by atoms with Crippen LogP contribution in [0.15, 0.2) is 35.6 Å². The molecule has 10 nitrogen and oxygen atoms in total. The Labute approximate surface area is 226 Å². The smallest absolute Gasteiger partial charge is 0.496 e. The fourth-order valence-electron chi connectivity index (χ4n) is 4.63. The monoisotopic (exact) mass is 544 g/mol. The Bertz CT molecular complexity index is 1300. The van der Waals surface area contributed by atoms with Crippen molar-refractivity contribution in [2.24, 2.45) is 0 Å². The van der Waals surface area contributed by atoms with Crippen molar-refractivity contribution in [3.63, 3.8) is 0 Å². The number of nitrogens with zero attached hydrogens (tertiary/aromatic N) is 5. The van der Waals surface area contributed by atoms with Crippen LogP contribution in [0, 0.1) is 13.8 Å². The molecular weight excluding hydrogens is 506 g/mol. The second-order valence-electron chi connectivity index (χ2n) is 10.3. The van der Waals surface area contributed by atoms with Crippen LogP contribution in [-0.4, -0.2) is 94.8 Å². The normalized spacial score (nSPS) is 16.3. The van der Waals surface area contributed by atoms with Gasteiger partial charge >= 0.3 is 6.16 Å². The van der Waals surface area contributed by atoms with Crippen LogP contribution >= 0.6 is 0 Å². The summed E-state index contributed by atoms with van der Waals surface area (Å²) in [5.41, 5.74) is 3.82. The average molecular weight is 545 g/mol. The molecule has 0 N–H and O–H groups in total. The lowest BCUT2D eigenvalue weighted by Crippen LogP contribution is -2.54. The van der Waals surface area contributed by atoms with E-state index >= 15 is 0 Å². The number of aryl methyl sites for hydroxylation is 1. The van der Waals surface area contributed by atoms with Gasteiger partial charge in [0.05, 0.1) is 74.2 Å². The fourth-order valence-corrected chi connectivity index (χ4v) is 5.90. The summed E-state index contributed by atoms with van der Waals surface area (Å²) in [6.45, 7) is 9.20. The fraction of sp³-hybridized carbons (Fsp3) is 0.519. The summed E-state index contributed by atoms with van der Waals surface area (Å²) in [4.78, 5) is 23.8. The van der Waals surface area contributed by atoms with Crippen LogP contribution in [0.5, 0.6) is 5.75 Å². The molecule has 206 valence electrons. The summed E-state index contributed by atoms with van der Waals surface area (Å²) in [7, 11) is 4.57. The number of methoxy groups -OCH3 is 1. The number of benzene rings is 1. The highest BCUT2D eigenvalue weighted by atomic mass is 32.2. The van der Waals surface area contributed by atoms with Gasteiger partial charge in [-0.1, -0.05) is 12.1 Å². The third kappa shape index (κ3) is 6.69. The zero-order valence-electron chi connectivity index (χ0n) is 22.9. The Morgan fingerprint density at radius 2 is 1.87 bits per heavy atom. The Balaban J connectivity index is 1.36. The lowest BCUT2D eigenvalue weighted by Gasteiger charge is -2.39. The number of quaternary nitrogens is 1. The number of hydrogen-bond acceptors (Lipinski definition) is 8. The molecule has 1 aliphatic heterocycles. The minimum absolute atomic E-state index is 0.150. The first-order chi connectivity index (χ1) is 18.2. The van der Waals surface area contributed by atoms with Crippen molar-refractivity contribution in [3.05, 3.63) is 47.3 Å². The van der Waals surface area contributed by atoms with Gasteiger partial charge in [0, 0.05) is 37.0 Å². The van der Waals surface area contributed by atoms with Crippen LogP contribution in [0.2, 0.25) is 0 Å². The quantitative estimate of drug-likeness (QED) is 0.218. The molecule has 3 aromatic rings. The molecule has 0 spiro atoms. The van der Waals surface area contributed by atoms with Crippen LogP contribution in [0.25, 0.3) is 11.0 Å². The number of para-hydroxylation sites is 2. The summed E-state index contributed by atoms with van der Waals surface area (Å²) in [6, 6.07) is 7.42. The molecular formula is C27H38N5O5S+. The van der Waals surface area contributed by atoms with Crippen molar-refractivity contribution < 1.29 is 27.7 Å². The van der Waals surface area contributed by atoms with E-state index in [1.807, 2.05) is 38.1 Å². The number of piperazine rings is 1. The van der Waals surface area contributed by atoms with Crippen LogP contribution in [-0.2, 0) is 32.8 Å². The first-order valence-corrected chi connectivity index (χ1v) is 14.2. The molecule has 1 aliphatic rings. The van der Waals surface area contributed by atoms with Gasteiger partial charge < -0.3 is 18.7 Å². The minimum atomic E-state index is -1.54. The first kappa shape index (κ1) is 28.0. The number of likely N-dealkylation sites (N-methyl/N-ethyl adjacent to an activating group) is 1. The summed E-state index contributed by atoms with van der Waals surface area (Å²) in [5.74, 6) is 0.887. The van der Waals surface area contributed by atoms with E-state index in [4.69, 9.17) is 14.2 Å². The predicted molar refractivity (Wildman–Crippen MR) is 145 cm³/mol. The zero-order valence-corrected chi connectivity index (χ0v) is 23.8. The van der Waals surface area contributed by atoms with E-state index in [1.165, 1.54) is 0 Å². The second-order valence-corrected chi connectivity index (χ2v) is 11.6. The van der Waals surface area contributed by atoms with Crippen molar-refractivity contribution in [1.82, 2.24) is 19.4 Å². The molecule has 4 rings (SSSR count). The topological polar surface area (TPSA) is 95.8 Å². The SMILES string of the molecule is COc1c(C)cnc(CS(=O)c2nc3ccccc3n2COC(=O)OCCCN2CC[N+](C)(C)CC2)c1C. The number of fused-ring (bicyclic) bond motifs is 1. The predicted octanol–water partition coefficient (Wildman–Crippen LogP) is 3.26. The second kappa shape index (κ2) is 12.2. The number of ether oxygens (including phenoxy) is 3. The Hall–Kier alpha value is -3.02. The number of carbonyl (C=O) groups is 1. The van der Waals surface area contributed by atoms with Gasteiger partial charge in [-0.2, -0.15) is 0 Å². The van der Waals surface area contributed by atoms with Gasteiger partial charge in [-0.05, 0) is 32.4 Å². The molecule has 2 aromatic heterocycles. The summed E-state index contributed by atoms with van der Waals surface area (Å²) in [6.07, 6.45) is 1.71. The number of hydrogen-bond donors (Lipinski definition) is 0. The third-order valence-electron chi connectivity index (χ3n) is 7.03. The molecule has 1 aromatic carbocycles. The molecule has 0 bridgehead atoms. The third-order valence-corrected chi connectivity index (χ3v) is 8.29. The number of imidazole rings is 1. The molecule has 0 aliphatic carbocycles. The van der Waals surface area contributed by atoms with Gasteiger partial charge in [0.15, 0.2) is 6.73 Å². The van der Waals surface area contributed by atoms with E-state index in [2.05, 4.69) is 29.0 Å². The molecule has 0 radical (unpaired) electrons. The summed E-state index contributed by atoms with van der Waals surface area (Å²) in [5, 5.41) is 0.311. The molecule has 1 saturated heterocycles. The summed E-state index contributed by atoms with van der Waals surface area (Å²) < 4.78 is 32.4. The first-order valence-electron chi connectivity index (χ1n) is 12.8.